The molecule has 0 spiro atoms. The van der Waals surface area contributed by atoms with Gasteiger partial charge < -0.3 is 5.32 Å². The van der Waals surface area contributed by atoms with Crippen LogP contribution in [-0.2, 0) is 0 Å². The van der Waals surface area contributed by atoms with Gasteiger partial charge in [-0.1, -0.05) is 44.3 Å². The topological polar surface area (TPSA) is 12.0 Å². The fourth-order valence-corrected chi connectivity index (χ4v) is 4.83. The molecule has 0 aromatic carbocycles. The Kier molecular flexibility index (Phi) is 7.37. The number of rotatable bonds is 6. The number of hydrogen-bond donors (Lipinski definition) is 1. The highest BCUT2D eigenvalue weighted by Crippen LogP contribution is 2.30. The first-order valence-electron chi connectivity index (χ1n) is 8.44. The Morgan fingerprint density at radius 1 is 1.16 bits per heavy atom. The molecule has 1 unspecified atom stereocenters. The van der Waals surface area contributed by atoms with E-state index in [9.17, 15) is 0 Å². The molecular weight excluding hydrogens is 250 g/mol. The molecule has 1 nitrogen and oxygen atoms in total. The first kappa shape index (κ1) is 15.4. The third-order valence-corrected chi connectivity index (χ3v) is 5.99. The Balaban J connectivity index is 1.82. The van der Waals surface area contributed by atoms with E-state index < -0.39 is 0 Å². The minimum atomic E-state index is 0.648. The van der Waals surface area contributed by atoms with Gasteiger partial charge in [0.25, 0.3) is 0 Å². The number of thioether (sulfide) groups is 1. The Hall–Kier alpha value is 0.0500. The molecule has 0 saturated heterocycles. The quantitative estimate of drug-likeness (QED) is 0.693. The van der Waals surface area contributed by atoms with Crippen molar-refractivity contribution in [1.82, 2.24) is 5.32 Å². The maximum atomic E-state index is 3.73. The summed E-state index contributed by atoms with van der Waals surface area (Å²) in [6, 6.07) is 0.648. The maximum Gasteiger partial charge on any atom is 0.0370 e. The molecule has 1 N–H and O–H groups in total. The van der Waals surface area contributed by atoms with Crippen LogP contribution in [0.4, 0.5) is 0 Å². The van der Waals surface area contributed by atoms with Gasteiger partial charge in [0.05, 0.1) is 0 Å². The molecule has 0 aromatic rings. The second kappa shape index (κ2) is 9.07. The Morgan fingerprint density at radius 3 is 2.74 bits per heavy atom. The van der Waals surface area contributed by atoms with E-state index in [1.165, 1.54) is 70.0 Å². The summed E-state index contributed by atoms with van der Waals surface area (Å²) in [5, 5.41) is 4.68. The summed E-state index contributed by atoms with van der Waals surface area (Å²) in [4.78, 5) is 0. The summed E-state index contributed by atoms with van der Waals surface area (Å²) in [5.41, 5.74) is 1.71. The summed E-state index contributed by atoms with van der Waals surface area (Å²) in [5.74, 6) is 1.30. The molecule has 0 amide bonds. The van der Waals surface area contributed by atoms with Gasteiger partial charge in [-0.15, -0.1) is 0 Å². The molecule has 1 saturated carbocycles. The van der Waals surface area contributed by atoms with Crippen molar-refractivity contribution in [2.75, 3.05) is 12.3 Å². The van der Waals surface area contributed by atoms with Crippen molar-refractivity contribution >= 4 is 11.8 Å². The predicted octanol–water partition coefficient (Wildman–Crippen LogP) is 4.92. The zero-order valence-electron chi connectivity index (χ0n) is 12.6. The van der Waals surface area contributed by atoms with Crippen molar-refractivity contribution in [3.63, 3.8) is 0 Å². The number of nitrogens with one attached hydrogen (secondary N) is 1. The van der Waals surface area contributed by atoms with E-state index in [0.717, 1.165) is 11.8 Å². The lowest BCUT2D eigenvalue weighted by Gasteiger charge is -2.26. The normalized spacial score (nSPS) is 23.7. The van der Waals surface area contributed by atoms with Crippen LogP contribution in [0.1, 0.15) is 71.1 Å². The third kappa shape index (κ3) is 5.51. The van der Waals surface area contributed by atoms with Crippen molar-refractivity contribution in [1.29, 1.82) is 0 Å². The van der Waals surface area contributed by atoms with E-state index in [-0.39, 0.29) is 0 Å². The molecule has 2 aliphatic rings. The molecule has 2 rings (SSSR count). The third-order valence-electron chi connectivity index (χ3n) is 4.53. The minimum absolute atomic E-state index is 0.648. The van der Waals surface area contributed by atoms with E-state index in [1.54, 1.807) is 5.57 Å². The molecule has 19 heavy (non-hydrogen) atoms. The van der Waals surface area contributed by atoms with Gasteiger partial charge in [0.1, 0.15) is 0 Å². The van der Waals surface area contributed by atoms with Gasteiger partial charge in [-0.05, 0) is 45.1 Å². The van der Waals surface area contributed by atoms with Gasteiger partial charge in [-0.3, -0.25) is 0 Å². The summed E-state index contributed by atoms with van der Waals surface area (Å²) in [6.45, 7) is 3.35. The summed E-state index contributed by atoms with van der Waals surface area (Å²) < 4.78 is 0. The second-order valence-corrected chi connectivity index (χ2v) is 7.42. The molecule has 110 valence electrons. The lowest BCUT2D eigenvalue weighted by atomic mass is 10.0. The van der Waals surface area contributed by atoms with Gasteiger partial charge in [0, 0.05) is 17.0 Å². The Labute approximate surface area is 124 Å². The summed E-state index contributed by atoms with van der Waals surface area (Å²) in [6.07, 6.45) is 16.7. The van der Waals surface area contributed by atoms with Gasteiger partial charge in [0.15, 0.2) is 0 Å². The van der Waals surface area contributed by atoms with Crippen LogP contribution in [0.25, 0.3) is 0 Å². The Bertz CT molecular complexity index is 268. The van der Waals surface area contributed by atoms with Crippen LogP contribution in [0.2, 0.25) is 0 Å². The van der Waals surface area contributed by atoms with Crippen LogP contribution < -0.4 is 5.32 Å². The average Bonchev–Trinajstić information content (AvgIpc) is 2.73. The minimum Gasteiger partial charge on any atom is -0.310 e. The molecule has 0 aliphatic heterocycles. The van der Waals surface area contributed by atoms with Crippen molar-refractivity contribution in [2.45, 2.75) is 82.4 Å². The predicted molar refractivity (Wildman–Crippen MR) is 88.0 cm³/mol. The SMILES string of the molecule is CCNC(CSC1CCCCC1)C1=CCCCCC1. The lowest BCUT2D eigenvalue weighted by molar-refractivity contribution is 0.514. The van der Waals surface area contributed by atoms with Crippen LogP contribution in [0.15, 0.2) is 11.6 Å². The lowest BCUT2D eigenvalue weighted by Crippen LogP contribution is -2.34. The maximum absolute atomic E-state index is 3.73. The van der Waals surface area contributed by atoms with Gasteiger partial charge in [-0.25, -0.2) is 0 Å². The van der Waals surface area contributed by atoms with Crippen molar-refractivity contribution < 1.29 is 0 Å². The molecule has 1 fully saturated rings. The fourth-order valence-electron chi connectivity index (χ4n) is 3.36. The van der Waals surface area contributed by atoms with Gasteiger partial charge in [0.2, 0.25) is 0 Å². The average molecular weight is 282 g/mol. The first-order valence-corrected chi connectivity index (χ1v) is 9.49. The highest BCUT2D eigenvalue weighted by atomic mass is 32.2. The zero-order valence-corrected chi connectivity index (χ0v) is 13.4. The highest BCUT2D eigenvalue weighted by molar-refractivity contribution is 7.99. The van der Waals surface area contributed by atoms with Gasteiger partial charge in [-0.2, -0.15) is 11.8 Å². The van der Waals surface area contributed by atoms with Crippen molar-refractivity contribution in [3.05, 3.63) is 11.6 Å². The number of hydrogen-bond acceptors (Lipinski definition) is 2. The van der Waals surface area contributed by atoms with E-state index >= 15 is 0 Å². The highest BCUT2D eigenvalue weighted by Gasteiger charge is 2.19. The summed E-state index contributed by atoms with van der Waals surface area (Å²) in [7, 11) is 0. The van der Waals surface area contributed by atoms with Crippen LogP contribution in [0, 0.1) is 0 Å². The smallest absolute Gasteiger partial charge is 0.0370 e. The molecular formula is C17H31NS. The van der Waals surface area contributed by atoms with Crippen LogP contribution >= 0.6 is 11.8 Å². The molecule has 2 heteroatoms. The van der Waals surface area contributed by atoms with Crippen LogP contribution in [-0.4, -0.2) is 23.6 Å². The van der Waals surface area contributed by atoms with Crippen LogP contribution in [0.5, 0.6) is 0 Å². The monoisotopic (exact) mass is 281 g/mol. The molecule has 1 atom stereocenters. The Morgan fingerprint density at radius 2 is 1.95 bits per heavy atom. The molecule has 0 aromatic heterocycles. The van der Waals surface area contributed by atoms with Gasteiger partial charge >= 0.3 is 0 Å². The second-order valence-electron chi connectivity index (χ2n) is 6.08. The van der Waals surface area contributed by atoms with Crippen molar-refractivity contribution in [2.24, 2.45) is 0 Å². The number of allylic oxidation sites excluding steroid dienone is 1. The standard InChI is InChI=1S/C17H31NS/c1-2-18-17(15-10-6-3-4-7-11-15)14-19-16-12-8-5-9-13-16/h10,16-18H,2-9,11-14H2,1H3. The summed E-state index contributed by atoms with van der Waals surface area (Å²) >= 11 is 2.24. The largest absolute Gasteiger partial charge is 0.310 e. The van der Waals surface area contributed by atoms with Crippen molar-refractivity contribution in [3.8, 4) is 0 Å². The van der Waals surface area contributed by atoms with E-state index in [0.29, 0.717) is 6.04 Å². The van der Waals surface area contributed by atoms with E-state index in [1.807, 2.05) is 0 Å². The zero-order chi connectivity index (χ0) is 13.3. The fraction of sp³-hybridized carbons (Fsp3) is 0.882. The first-order chi connectivity index (χ1) is 9.40. The molecule has 0 heterocycles. The molecule has 0 radical (unpaired) electrons. The van der Waals surface area contributed by atoms with Crippen LogP contribution in [0.3, 0.4) is 0 Å². The molecule has 2 aliphatic carbocycles. The van der Waals surface area contributed by atoms with E-state index in [4.69, 9.17) is 0 Å². The molecule has 0 bridgehead atoms. The van der Waals surface area contributed by atoms with E-state index in [2.05, 4.69) is 30.1 Å². The number of likely N-dealkylation sites (N-methyl/N-ethyl adjacent to an activating group) is 1.